The third-order valence-electron chi connectivity index (χ3n) is 3.47. The van der Waals surface area contributed by atoms with E-state index in [0.29, 0.717) is 23.4 Å². The number of anilines is 1. The van der Waals surface area contributed by atoms with Gasteiger partial charge in [0.05, 0.1) is 18.6 Å². The van der Waals surface area contributed by atoms with Crippen molar-refractivity contribution in [2.45, 2.75) is 19.8 Å². The Balaban J connectivity index is 1.77. The van der Waals surface area contributed by atoms with Crippen LogP contribution >= 0.6 is 0 Å². The summed E-state index contributed by atoms with van der Waals surface area (Å²) in [5.74, 6) is -1.92. The van der Waals surface area contributed by atoms with Crippen molar-refractivity contribution in [1.29, 1.82) is 0 Å². The Kier molecular flexibility index (Phi) is 7.49. The number of ether oxygens (including phenoxy) is 2. The van der Waals surface area contributed by atoms with Crippen LogP contribution in [0.2, 0.25) is 0 Å². The van der Waals surface area contributed by atoms with Crippen molar-refractivity contribution in [3.8, 4) is 0 Å². The number of hydrogen-bond acceptors (Lipinski definition) is 5. The Labute approximate surface area is 156 Å². The van der Waals surface area contributed by atoms with Crippen molar-refractivity contribution >= 4 is 23.5 Å². The molecule has 0 heterocycles. The molecule has 2 aromatic rings. The summed E-state index contributed by atoms with van der Waals surface area (Å²) in [7, 11) is 0. The standard InChI is InChI=1S/C20H20FNO5/c1-2-11-26-20(25)15-5-9-17(10-6-15)22-18(23)13-27-19(24)12-14-3-7-16(21)8-4-14/h3-10H,2,11-13H2,1H3,(H,22,23). The molecule has 0 fully saturated rings. The van der Waals surface area contributed by atoms with Crippen LogP contribution in [0.4, 0.5) is 10.1 Å². The van der Waals surface area contributed by atoms with Gasteiger partial charge in [-0.15, -0.1) is 0 Å². The maximum atomic E-state index is 12.8. The highest BCUT2D eigenvalue weighted by molar-refractivity contribution is 5.94. The lowest BCUT2D eigenvalue weighted by Crippen LogP contribution is -2.21. The molecule has 7 heteroatoms. The number of nitrogens with one attached hydrogen (secondary N) is 1. The zero-order valence-electron chi connectivity index (χ0n) is 14.9. The average molecular weight is 373 g/mol. The van der Waals surface area contributed by atoms with Crippen molar-refractivity contribution in [1.82, 2.24) is 0 Å². The van der Waals surface area contributed by atoms with Gasteiger partial charge in [-0.25, -0.2) is 9.18 Å². The zero-order chi connectivity index (χ0) is 19.6. The van der Waals surface area contributed by atoms with Gasteiger partial charge in [0, 0.05) is 5.69 Å². The molecule has 0 saturated carbocycles. The fourth-order valence-corrected chi connectivity index (χ4v) is 2.13. The minimum atomic E-state index is -0.592. The number of halogens is 1. The van der Waals surface area contributed by atoms with E-state index in [1.165, 1.54) is 36.4 Å². The molecule has 0 aliphatic rings. The average Bonchev–Trinajstić information content (AvgIpc) is 2.67. The first kappa shape index (κ1) is 20.1. The van der Waals surface area contributed by atoms with Crippen LogP contribution < -0.4 is 5.32 Å². The van der Waals surface area contributed by atoms with Gasteiger partial charge in [0.15, 0.2) is 6.61 Å². The van der Waals surface area contributed by atoms with E-state index in [9.17, 15) is 18.8 Å². The lowest BCUT2D eigenvalue weighted by molar-refractivity contribution is -0.146. The van der Waals surface area contributed by atoms with Crippen molar-refractivity contribution in [3.63, 3.8) is 0 Å². The predicted octanol–water partition coefficient (Wildman–Crippen LogP) is 3.12. The van der Waals surface area contributed by atoms with E-state index in [4.69, 9.17) is 9.47 Å². The van der Waals surface area contributed by atoms with E-state index in [-0.39, 0.29) is 6.42 Å². The van der Waals surface area contributed by atoms with E-state index >= 15 is 0 Å². The molecule has 1 N–H and O–H groups in total. The fourth-order valence-electron chi connectivity index (χ4n) is 2.13. The van der Waals surface area contributed by atoms with Crippen molar-refractivity contribution in [2.24, 2.45) is 0 Å². The largest absolute Gasteiger partial charge is 0.462 e. The molecule has 0 aromatic heterocycles. The van der Waals surface area contributed by atoms with Gasteiger partial charge in [-0.1, -0.05) is 19.1 Å². The summed E-state index contributed by atoms with van der Waals surface area (Å²) in [5.41, 5.74) is 1.43. The van der Waals surface area contributed by atoms with Crippen LogP contribution in [0.3, 0.4) is 0 Å². The Bertz CT molecular complexity index is 787. The van der Waals surface area contributed by atoms with Crippen molar-refractivity contribution < 1.29 is 28.2 Å². The van der Waals surface area contributed by atoms with E-state index in [2.05, 4.69) is 5.32 Å². The minimum Gasteiger partial charge on any atom is -0.462 e. The fraction of sp³-hybridized carbons (Fsp3) is 0.250. The molecule has 27 heavy (non-hydrogen) atoms. The van der Waals surface area contributed by atoms with Gasteiger partial charge in [-0.2, -0.15) is 0 Å². The number of hydrogen-bond donors (Lipinski definition) is 1. The number of amides is 1. The first-order valence-electron chi connectivity index (χ1n) is 8.45. The summed E-state index contributed by atoms with van der Waals surface area (Å²) in [6.07, 6.45) is 0.682. The second kappa shape index (κ2) is 10.1. The third kappa shape index (κ3) is 6.89. The number of carbonyl (C=O) groups is 3. The molecule has 0 radical (unpaired) electrons. The Hall–Kier alpha value is -3.22. The highest BCUT2D eigenvalue weighted by Crippen LogP contribution is 2.11. The zero-order valence-corrected chi connectivity index (χ0v) is 14.9. The van der Waals surface area contributed by atoms with E-state index in [1.807, 2.05) is 6.92 Å². The van der Waals surface area contributed by atoms with Gasteiger partial charge in [0.25, 0.3) is 5.91 Å². The van der Waals surface area contributed by atoms with Crippen LogP contribution in [-0.4, -0.2) is 31.1 Å². The third-order valence-corrected chi connectivity index (χ3v) is 3.47. The van der Waals surface area contributed by atoms with Gasteiger partial charge in [0.2, 0.25) is 0 Å². The SMILES string of the molecule is CCCOC(=O)c1ccc(NC(=O)COC(=O)Cc2ccc(F)cc2)cc1. The van der Waals surface area contributed by atoms with Crippen LogP contribution in [0.5, 0.6) is 0 Å². The lowest BCUT2D eigenvalue weighted by atomic mass is 10.1. The second-order valence-corrected chi connectivity index (χ2v) is 5.73. The minimum absolute atomic E-state index is 0.0534. The molecule has 0 unspecified atom stereocenters. The second-order valence-electron chi connectivity index (χ2n) is 5.73. The number of benzene rings is 2. The van der Waals surface area contributed by atoms with Crippen LogP contribution in [0.1, 0.15) is 29.3 Å². The van der Waals surface area contributed by atoms with E-state index in [0.717, 1.165) is 6.42 Å². The van der Waals surface area contributed by atoms with E-state index in [1.54, 1.807) is 12.1 Å². The van der Waals surface area contributed by atoms with Crippen LogP contribution in [0, 0.1) is 5.82 Å². The summed E-state index contributed by atoms with van der Waals surface area (Å²) in [6.45, 7) is 1.80. The number of rotatable bonds is 8. The molecule has 6 nitrogen and oxygen atoms in total. The topological polar surface area (TPSA) is 81.7 Å². The molecule has 1 amide bonds. The van der Waals surface area contributed by atoms with Gasteiger partial charge in [-0.05, 0) is 48.4 Å². The van der Waals surface area contributed by atoms with Gasteiger partial charge in [0.1, 0.15) is 5.82 Å². The Morgan fingerprint density at radius 3 is 2.26 bits per heavy atom. The molecule has 0 aliphatic heterocycles. The van der Waals surface area contributed by atoms with Crippen molar-refractivity contribution in [3.05, 3.63) is 65.5 Å². The molecule has 0 atom stereocenters. The quantitative estimate of drug-likeness (QED) is 0.719. The maximum absolute atomic E-state index is 12.8. The highest BCUT2D eigenvalue weighted by Gasteiger charge is 2.10. The van der Waals surface area contributed by atoms with Crippen LogP contribution in [0.25, 0.3) is 0 Å². The molecule has 0 bridgehead atoms. The molecule has 0 saturated heterocycles. The summed E-state index contributed by atoms with van der Waals surface area (Å²) >= 11 is 0. The summed E-state index contributed by atoms with van der Waals surface area (Å²) in [6, 6.07) is 11.6. The molecule has 0 spiro atoms. The molecule has 142 valence electrons. The first-order valence-corrected chi connectivity index (χ1v) is 8.45. The van der Waals surface area contributed by atoms with Gasteiger partial charge in [-0.3, -0.25) is 9.59 Å². The van der Waals surface area contributed by atoms with Crippen LogP contribution in [-0.2, 0) is 25.5 Å². The highest BCUT2D eigenvalue weighted by atomic mass is 19.1. The normalized spacial score (nSPS) is 10.1. The van der Waals surface area contributed by atoms with E-state index < -0.39 is 30.3 Å². The summed E-state index contributed by atoms with van der Waals surface area (Å²) < 4.78 is 22.7. The summed E-state index contributed by atoms with van der Waals surface area (Å²) in [5, 5.41) is 2.56. The molecule has 2 aromatic carbocycles. The number of carbonyl (C=O) groups excluding carboxylic acids is 3. The lowest BCUT2D eigenvalue weighted by Gasteiger charge is -2.08. The maximum Gasteiger partial charge on any atom is 0.338 e. The molecular formula is C20H20FNO5. The van der Waals surface area contributed by atoms with Gasteiger partial charge >= 0.3 is 11.9 Å². The van der Waals surface area contributed by atoms with Crippen molar-refractivity contribution in [2.75, 3.05) is 18.5 Å². The summed E-state index contributed by atoms with van der Waals surface area (Å²) in [4.78, 5) is 35.3. The molecule has 2 rings (SSSR count). The van der Waals surface area contributed by atoms with Gasteiger partial charge < -0.3 is 14.8 Å². The molecule has 0 aliphatic carbocycles. The molecular weight excluding hydrogens is 353 g/mol. The first-order chi connectivity index (χ1) is 13.0. The number of esters is 2. The Morgan fingerprint density at radius 2 is 1.63 bits per heavy atom. The predicted molar refractivity (Wildman–Crippen MR) is 96.7 cm³/mol. The smallest absolute Gasteiger partial charge is 0.338 e. The monoisotopic (exact) mass is 373 g/mol. The van der Waals surface area contributed by atoms with Crippen LogP contribution in [0.15, 0.2) is 48.5 Å². The Morgan fingerprint density at radius 1 is 0.963 bits per heavy atom.